The van der Waals surface area contributed by atoms with Gasteiger partial charge in [-0.2, -0.15) is 0 Å². The molecule has 6 heteroatoms. The lowest BCUT2D eigenvalue weighted by atomic mass is 9.99. The fourth-order valence-corrected chi connectivity index (χ4v) is 2.57. The zero-order valence-electron chi connectivity index (χ0n) is 9.63. The van der Waals surface area contributed by atoms with Gasteiger partial charge in [0.1, 0.15) is 11.6 Å². The smallest absolute Gasteiger partial charge is 0.137 e. The molecule has 2 aromatic rings. The molecule has 2 nitrogen and oxygen atoms in total. The topological polar surface area (TPSA) is 38.0 Å². The first-order valence-electron chi connectivity index (χ1n) is 5.39. The maximum atomic E-state index is 13.9. The van der Waals surface area contributed by atoms with Gasteiger partial charge in [-0.15, -0.1) is 0 Å². The molecular formula is C13H10Br2F2N2. The van der Waals surface area contributed by atoms with Crippen molar-refractivity contribution in [3.63, 3.8) is 0 Å². The summed E-state index contributed by atoms with van der Waals surface area (Å²) >= 11 is 6.39. The average molecular weight is 392 g/mol. The van der Waals surface area contributed by atoms with Crippen molar-refractivity contribution in [3.8, 4) is 0 Å². The Kier molecular flexibility index (Phi) is 4.67. The van der Waals surface area contributed by atoms with E-state index in [1.807, 2.05) is 0 Å². The standard InChI is InChI=1S/C13H10Br2F2N2/c14-8-2-4-11(16)9(6-8)13(19-18)7-1-3-12(17)10(15)5-7/h1-6,13,19H,18H2. The van der Waals surface area contributed by atoms with Crippen LogP contribution >= 0.6 is 31.9 Å². The van der Waals surface area contributed by atoms with Crippen LogP contribution in [0.4, 0.5) is 8.78 Å². The highest BCUT2D eigenvalue weighted by atomic mass is 79.9. The van der Waals surface area contributed by atoms with Crippen molar-refractivity contribution in [1.29, 1.82) is 0 Å². The zero-order valence-corrected chi connectivity index (χ0v) is 12.8. The molecule has 0 bridgehead atoms. The van der Waals surface area contributed by atoms with E-state index in [-0.39, 0.29) is 11.6 Å². The molecule has 0 aromatic heterocycles. The summed E-state index contributed by atoms with van der Waals surface area (Å²) in [7, 11) is 0. The van der Waals surface area contributed by atoms with Crippen molar-refractivity contribution >= 4 is 31.9 Å². The molecule has 0 saturated carbocycles. The van der Waals surface area contributed by atoms with E-state index in [1.54, 1.807) is 24.3 Å². The average Bonchev–Trinajstić information content (AvgIpc) is 2.38. The molecule has 0 amide bonds. The largest absolute Gasteiger partial charge is 0.271 e. The molecule has 0 aliphatic rings. The first kappa shape index (κ1) is 14.6. The normalized spacial score (nSPS) is 12.5. The van der Waals surface area contributed by atoms with E-state index < -0.39 is 6.04 Å². The van der Waals surface area contributed by atoms with Gasteiger partial charge < -0.3 is 0 Å². The Labute approximate surface area is 126 Å². The van der Waals surface area contributed by atoms with Crippen molar-refractivity contribution in [2.75, 3.05) is 0 Å². The summed E-state index contributed by atoms with van der Waals surface area (Å²) < 4.78 is 28.1. The molecule has 100 valence electrons. The predicted octanol–water partition coefficient (Wildman–Crippen LogP) is 4.04. The van der Waals surface area contributed by atoms with Gasteiger partial charge in [-0.3, -0.25) is 5.84 Å². The van der Waals surface area contributed by atoms with E-state index in [0.717, 1.165) is 4.47 Å². The number of nitrogens with two attached hydrogens (primary N) is 1. The summed E-state index contributed by atoms with van der Waals surface area (Å²) in [5.74, 6) is 4.74. The van der Waals surface area contributed by atoms with Gasteiger partial charge in [-0.05, 0) is 51.8 Å². The monoisotopic (exact) mass is 390 g/mol. The number of rotatable bonds is 3. The molecule has 0 saturated heterocycles. The summed E-state index contributed by atoms with van der Waals surface area (Å²) in [4.78, 5) is 0. The second-order valence-corrected chi connectivity index (χ2v) is 5.71. The first-order valence-corrected chi connectivity index (χ1v) is 6.97. The third kappa shape index (κ3) is 3.20. The van der Waals surface area contributed by atoms with Crippen molar-refractivity contribution in [1.82, 2.24) is 5.43 Å². The maximum absolute atomic E-state index is 13.9. The van der Waals surface area contributed by atoms with E-state index in [9.17, 15) is 8.78 Å². The van der Waals surface area contributed by atoms with Crippen LogP contribution in [0, 0.1) is 11.6 Å². The van der Waals surface area contributed by atoms with E-state index in [0.29, 0.717) is 15.6 Å². The van der Waals surface area contributed by atoms with Crippen LogP contribution in [0.15, 0.2) is 45.3 Å². The van der Waals surface area contributed by atoms with Crippen molar-refractivity contribution in [2.45, 2.75) is 6.04 Å². The second-order valence-electron chi connectivity index (χ2n) is 3.94. The van der Waals surface area contributed by atoms with Crippen LogP contribution in [0.25, 0.3) is 0 Å². The summed E-state index contributed by atoms with van der Waals surface area (Å²) in [5, 5.41) is 0. The number of nitrogens with one attached hydrogen (secondary N) is 1. The molecule has 1 unspecified atom stereocenters. The number of hydrogen-bond donors (Lipinski definition) is 2. The van der Waals surface area contributed by atoms with E-state index in [1.165, 1.54) is 12.1 Å². The Morgan fingerprint density at radius 1 is 1.00 bits per heavy atom. The third-order valence-corrected chi connectivity index (χ3v) is 3.81. The molecular weight excluding hydrogens is 382 g/mol. The highest BCUT2D eigenvalue weighted by Gasteiger charge is 2.18. The fraction of sp³-hybridized carbons (Fsp3) is 0.0769. The van der Waals surface area contributed by atoms with Gasteiger partial charge in [-0.25, -0.2) is 14.2 Å². The zero-order chi connectivity index (χ0) is 14.0. The molecule has 2 aromatic carbocycles. The number of benzene rings is 2. The van der Waals surface area contributed by atoms with Crippen molar-refractivity contribution < 1.29 is 8.78 Å². The minimum atomic E-state index is -0.561. The Morgan fingerprint density at radius 3 is 2.32 bits per heavy atom. The van der Waals surface area contributed by atoms with Crippen LogP contribution in [0.2, 0.25) is 0 Å². The Balaban J connectivity index is 2.49. The maximum Gasteiger partial charge on any atom is 0.137 e. The molecule has 0 radical (unpaired) electrons. The van der Waals surface area contributed by atoms with Crippen LogP contribution in [0.1, 0.15) is 17.2 Å². The van der Waals surface area contributed by atoms with Crippen LogP contribution < -0.4 is 11.3 Å². The molecule has 0 spiro atoms. The molecule has 3 N–H and O–H groups in total. The van der Waals surface area contributed by atoms with Gasteiger partial charge in [0.15, 0.2) is 0 Å². The van der Waals surface area contributed by atoms with Crippen LogP contribution in [0.5, 0.6) is 0 Å². The van der Waals surface area contributed by atoms with Gasteiger partial charge in [0, 0.05) is 10.0 Å². The lowest BCUT2D eigenvalue weighted by molar-refractivity contribution is 0.558. The number of hydrogen-bond acceptors (Lipinski definition) is 2. The minimum Gasteiger partial charge on any atom is -0.271 e. The van der Waals surface area contributed by atoms with Crippen LogP contribution in [0.3, 0.4) is 0 Å². The van der Waals surface area contributed by atoms with E-state index >= 15 is 0 Å². The van der Waals surface area contributed by atoms with Crippen molar-refractivity contribution in [2.24, 2.45) is 5.84 Å². The number of halogens is 4. The Morgan fingerprint density at radius 2 is 1.68 bits per heavy atom. The fourth-order valence-electron chi connectivity index (χ4n) is 1.79. The van der Waals surface area contributed by atoms with Crippen molar-refractivity contribution in [3.05, 3.63) is 68.1 Å². The van der Waals surface area contributed by atoms with Gasteiger partial charge >= 0.3 is 0 Å². The van der Waals surface area contributed by atoms with Gasteiger partial charge in [0.2, 0.25) is 0 Å². The lowest BCUT2D eigenvalue weighted by Gasteiger charge is -2.18. The highest BCUT2D eigenvalue weighted by Crippen LogP contribution is 2.29. The lowest BCUT2D eigenvalue weighted by Crippen LogP contribution is -2.29. The molecule has 0 fully saturated rings. The van der Waals surface area contributed by atoms with Gasteiger partial charge in [0.25, 0.3) is 0 Å². The van der Waals surface area contributed by atoms with Gasteiger partial charge in [0.05, 0.1) is 10.5 Å². The molecule has 0 heterocycles. The van der Waals surface area contributed by atoms with Gasteiger partial charge in [-0.1, -0.05) is 22.0 Å². The SMILES string of the molecule is NNC(c1ccc(F)c(Br)c1)c1cc(Br)ccc1F. The second kappa shape index (κ2) is 6.09. The molecule has 19 heavy (non-hydrogen) atoms. The summed E-state index contributed by atoms with van der Waals surface area (Å²) in [6.45, 7) is 0. The molecule has 2 rings (SSSR count). The first-order chi connectivity index (χ1) is 9.02. The minimum absolute atomic E-state index is 0.306. The number of hydrazine groups is 1. The predicted molar refractivity (Wildman–Crippen MR) is 77.4 cm³/mol. The highest BCUT2D eigenvalue weighted by molar-refractivity contribution is 9.10. The molecule has 0 aliphatic carbocycles. The summed E-state index contributed by atoms with van der Waals surface area (Å²) in [5.41, 5.74) is 3.59. The van der Waals surface area contributed by atoms with E-state index in [4.69, 9.17) is 5.84 Å². The van der Waals surface area contributed by atoms with Crippen LogP contribution in [-0.2, 0) is 0 Å². The Hall–Kier alpha value is -0.820. The quantitative estimate of drug-likeness (QED) is 0.612. The van der Waals surface area contributed by atoms with Crippen LogP contribution in [-0.4, -0.2) is 0 Å². The Bertz CT molecular complexity index is 605. The molecule has 0 aliphatic heterocycles. The third-order valence-electron chi connectivity index (χ3n) is 2.71. The summed E-state index contributed by atoms with van der Waals surface area (Å²) in [6.07, 6.45) is 0. The summed E-state index contributed by atoms with van der Waals surface area (Å²) in [6, 6.07) is 8.46. The van der Waals surface area contributed by atoms with E-state index in [2.05, 4.69) is 37.3 Å². The molecule has 1 atom stereocenters.